The van der Waals surface area contributed by atoms with Crippen LogP contribution in [0.15, 0.2) is 83.8 Å². The van der Waals surface area contributed by atoms with Gasteiger partial charge in [-0.2, -0.15) is 4.98 Å². The second-order valence-electron chi connectivity index (χ2n) is 10.7. The molecule has 4 aromatic rings. The largest absolute Gasteiger partial charge is 0.768 e. The molecule has 8 nitrogen and oxygen atoms in total. The van der Waals surface area contributed by atoms with Gasteiger partial charge in [-0.3, -0.25) is 13.9 Å². The first-order valence-corrected chi connectivity index (χ1v) is 15.2. The molecule has 0 spiro atoms. The predicted octanol–water partition coefficient (Wildman–Crippen LogP) is 5.10. The van der Waals surface area contributed by atoms with Crippen molar-refractivity contribution in [3.63, 3.8) is 0 Å². The number of nitrogens with zero attached hydrogens (tertiary/aromatic N) is 4. The number of hydrogen-bond acceptors (Lipinski definition) is 7. The highest BCUT2D eigenvalue weighted by molar-refractivity contribution is 7.79. The Morgan fingerprint density at radius 1 is 0.929 bits per heavy atom. The summed E-state index contributed by atoms with van der Waals surface area (Å²) >= 11 is -2.42. The molecule has 2 atom stereocenters. The normalized spacial score (nSPS) is 16.9. The Labute approximate surface area is 249 Å². The summed E-state index contributed by atoms with van der Waals surface area (Å²) in [6.07, 6.45) is 0.400. The molecule has 218 valence electrons. The minimum Gasteiger partial charge on any atom is -0.768 e. The molecule has 0 N–H and O–H groups in total. The molecule has 1 aliphatic heterocycles. The van der Waals surface area contributed by atoms with Crippen LogP contribution in [-0.4, -0.2) is 66.7 Å². The molecule has 42 heavy (non-hydrogen) atoms. The van der Waals surface area contributed by atoms with E-state index < -0.39 is 11.1 Å². The van der Waals surface area contributed by atoms with Crippen LogP contribution >= 0.6 is 0 Å². The van der Waals surface area contributed by atoms with E-state index in [-0.39, 0.29) is 16.9 Å². The molecule has 1 amide bonds. The minimum atomic E-state index is -2.42. The second kappa shape index (κ2) is 13.4. The number of benzene rings is 3. The standard InChI is InChI=1S/C33H36N4O4S/c1-23-10-7-11-24(2)32(23)30-19-31(35-25(3)34-30)41-28-21-36(20-26-12-5-4-6-13-26)16-9-17-37(22-28)33(38)27-14-8-15-29(18-27)42(39)40/h4-8,10-15,18-19,28H,9,16-17,20-22H2,1-3H3,(H,39,40)/p-1. The van der Waals surface area contributed by atoms with Crippen molar-refractivity contribution < 1.29 is 18.3 Å². The SMILES string of the molecule is Cc1nc(OC2CN(Cc3ccccc3)CCCN(C(=O)c3cccc(S(=O)[O-])c3)C2)cc(-c2c(C)cccc2C)n1. The zero-order valence-corrected chi connectivity index (χ0v) is 25.0. The lowest BCUT2D eigenvalue weighted by molar-refractivity contribution is 0.0471. The van der Waals surface area contributed by atoms with Gasteiger partial charge in [0.05, 0.1) is 12.2 Å². The van der Waals surface area contributed by atoms with Gasteiger partial charge in [0.1, 0.15) is 11.9 Å². The molecule has 2 unspecified atom stereocenters. The van der Waals surface area contributed by atoms with Gasteiger partial charge in [0, 0.05) is 48.3 Å². The summed E-state index contributed by atoms with van der Waals surface area (Å²) in [6.45, 7) is 8.97. The van der Waals surface area contributed by atoms with Gasteiger partial charge >= 0.3 is 0 Å². The van der Waals surface area contributed by atoms with Crippen molar-refractivity contribution in [3.8, 4) is 17.1 Å². The van der Waals surface area contributed by atoms with Crippen molar-refractivity contribution in [2.75, 3.05) is 26.2 Å². The van der Waals surface area contributed by atoms with E-state index in [0.717, 1.165) is 41.9 Å². The number of aryl methyl sites for hydroxylation is 3. The molecule has 0 radical (unpaired) electrons. The van der Waals surface area contributed by atoms with Gasteiger partial charge in [-0.25, -0.2) is 4.98 Å². The van der Waals surface area contributed by atoms with E-state index in [1.54, 1.807) is 17.0 Å². The number of hydrogen-bond donors (Lipinski definition) is 0. The highest BCUT2D eigenvalue weighted by atomic mass is 32.2. The van der Waals surface area contributed by atoms with E-state index in [0.29, 0.717) is 36.9 Å². The van der Waals surface area contributed by atoms with Gasteiger partial charge < -0.3 is 14.2 Å². The fourth-order valence-electron chi connectivity index (χ4n) is 5.54. The maximum absolute atomic E-state index is 13.6. The van der Waals surface area contributed by atoms with Gasteiger partial charge in [-0.1, -0.05) is 54.6 Å². The fraction of sp³-hybridized carbons (Fsp3) is 0.303. The van der Waals surface area contributed by atoms with Crippen molar-refractivity contribution in [3.05, 3.63) is 107 Å². The summed E-state index contributed by atoms with van der Waals surface area (Å²) in [4.78, 5) is 27.1. The molecule has 1 aliphatic rings. The maximum atomic E-state index is 13.6. The van der Waals surface area contributed by atoms with E-state index in [9.17, 15) is 13.6 Å². The third-order valence-corrected chi connectivity index (χ3v) is 8.08. The molecule has 0 aliphatic carbocycles. The molecule has 1 saturated heterocycles. The highest BCUT2D eigenvalue weighted by Crippen LogP contribution is 2.28. The average Bonchev–Trinajstić information content (AvgIpc) is 2.95. The van der Waals surface area contributed by atoms with Gasteiger partial charge in [-0.05, 0) is 73.2 Å². The van der Waals surface area contributed by atoms with Crippen LogP contribution in [0.2, 0.25) is 0 Å². The summed E-state index contributed by atoms with van der Waals surface area (Å²) in [5.41, 5.74) is 5.66. The molecule has 5 rings (SSSR count). The molecular weight excluding hydrogens is 548 g/mol. The van der Waals surface area contributed by atoms with Crippen LogP contribution in [0.3, 0.4) is 0 Å². The second-order valence-corrected chi connectivity index (χ2v) is 11.7. The van der Waals surface area contributed by atoms with Crippen molar-refractivity contribution in [1.82, 2.24) is 19.8 Å². The Hall–Kier alpha value is -3.92. The Balaban J connectivity index is 1.44. The van der Waals surface area contributed by atoms with Crippen molar-refractivity contribution in [2.24, 2.45) is 0 Å². The molecule has 1 aromatic heterocycles. The summed E-state index contributed by atoms with van der Waals surface area (Å²) < 4.78 is 29.6. The van der Waals surface area contributed by atoms with Crippen LogP contribution in [0.25, 0.3) is 11.3 Å². The number of amides is 1. The molecular formula is C33H35N4O4S-. The topological polar surface area (TPSA) is 98.7 Å². The quantitative estimate of drug-likeness (QED) is 0.279. The van der Waals surface area contributed by atoms with Crippen LogP contribution in [0.4, 0.5) is 0 Å². The molecule has 1 fully saturated rings. The number of carbonyl (C=O) groups excluding carboxylic acids is 1. The predicted molar refractivity (Wildman–Crippen MR) is 162 cm³/mol. The Kier molecular flexibility index (Phi) is 9.41. The zero-order chi connectivity index (χ0) is 29.6. The van der Waals surface area contributed by atoms with E-state index >= 15 is 0 Å². The third kappa shape index (κ3) is 7.28. The van der Waals surface area contributed by atoms with Crippen LogP contribution in [-0.2, 0) is 17.6 Å². The number of rotatable bonds is 7. The lowest BCUT2D eigenvalue weighted by Gasteiger charge is -2.35. The summed E-state index contributed by atoms with van der Waals surface area (Å²) in [7, 11) is 0. The number of carbonyl (C=O) groups is 1. The minimum absolute atomic E-state index is 0.0882. The molecule has 0 bridgehead atoms. The van der Waals surface area contributed by atoms with Gasteiger partial charge in [-0.15, -0.1) is 0 Å². The molecule has 3 aromatic carbocycles. The Morgan fingerprint density at radius 2 is 1.67 bits per heavy atom. The van der Waals surface area contributed by atoms with E-state index in [1.165, 1.54) is 17.7 Å². The molecule has 9 heteroatoms. The van der Waals surface area contributed by atoms with Crippen molar-refractivity contribution in [1.29, 1.82) is 0 Å². The van der Waals surface area contributed by atoms with E-state index in [1.807, 2.05) is 37.3 Å². The Morgan fingerprint density at radius 3 is 2.40 bits per heavy atom. The molecule has 2 heterocycles. The number of aromatic nitrogens is 2. The van der Waals surface area contributed by atoms with Crippen LogP contribution in [0.1, 0.15) is 39.3 Å². The van der Waals surface area contributed by atoms with Crippen molar-refractivity contribution >= 4 is 17.0 Å². The number of ether oxygens (including phenoxy) is 1. The molecule has 0 saturated carbocycles. The average molecular weight is 584 g/mol. The van der Waals surface area contributed by atoms with Gasteiger partial charge in [0.2, 0.25) is 5.88 Å². The first-order chi connectivity index (χ1) is 20.3. The van der Waals surface area contributed by atoms with Gasteiger partial charge in [0.15, 0.2) is 0 Å². The summed E-state index contributed by atoms with van der Waals surface area (Å²) in [5, 5.41) is 0. The van der Waals surface area contributed by atoms with Crippen molar-refractivity contribution in [2.45, 2.75) is 44.7 Å². The first-order valence-electron chi connectivity index (χ1n) is 14.1. The first kappa shape index (κ1) is 29.6. The van der Waals surface area contributed by atoms with E-state index in [4.69, 9.17) is 9.72 Å². The zero-order valence-electron chi connectivity index (χ0n) is 24.2. The highest BCUT2D eigenvalue weighted by Gasteiger charge is 2.27. The van der Waals surface area contributed by atoms with Crippen LogP contribution in [0.5, 0.6) is 5.88 Å². The van der Waals surface area contributed by atoms with Crippen LogP contribution < -0.4 is 4.74 Å². The lowest BCUT2D eigenvalue weighted by atomic mass is 10.00. The monoisotopic (exact) mass is 583 g/mol. The van der Waals surface area contributed by atoms with E-state index in [2.05, 4.69) is 48.0 Å². The fourth-order valence-corrected chi connectivity index (χ4v) is 5.95. The maximum Gasteiger partial charge on any atom is 0.254 e. The summed E-state index contributed by atoms with van der Waals surface area (Å²) in [5.74, 6) is 0.844. The van der Waals surface area contributed by atoms with Crippen LogP contribution in [0, 0.1) is 20.8 Å². The summed E-state index contributed by atoms with van der Waals surface area (Å²) in [6, 6.07) is 24.5. The smallest absolute Gasteiger partial charge is 0.254 e. The Bertz CT molecular complexity index is 1560. The lowest BCUT2D eigenvalue weighted by Crippen LogP contribution is -2.49. The van der Waals surface area contributed by atoms with Gasteiger partial charge in [0.25, 0.3) is 5.91 Å². The third-order valence-electron chi connectivity index (χ3n) is 7.44.